The van der Waals surface area contributed by atoms with Crippen LogP contribution in [0.4, 0.5) is 5.69 Å². The highest BCUT2D eigenvalue weighted by atomic mass is 32.2. The number of phenolic OH excluding ortho intramolecular Hbond substituents is 1. The van der Waals surface area contributed by atoms with Gasteiger partial charge in [-0.05, 0) is 12.1 Å². The molecule has 0 unspecified atom stereocenters. The normalized spacial score (nSPS) is 11.4. The van der Waals surface area contributed by atoms with Gasteiger partial charge in [-0.25, -0.2) is 4.98 Å². The molecule has 0 aliphatic carbocycles. The number of carbonyl (C=O) groups is 1. The number of phenols is 1. The van der Waals surface area contributed by atoms with Crippen molar-refractivity contribution in [1.29, 1.82) is 0 Å². The summed E-state index contributed by atoms with van der Waals surface area (Å²) in [6.07, 6.45) is 0. The molecular weight excluding hydrogens is 304 g/mol. The maximum atomic E-state index is 11.9. The summed E-state index contributed by atoms with van der Waals surface area (Å²) in [6, 6.07) is 6.51. The van der Waals surface area contributed by atoms with Gasteiger partial charge in [-0.1, -0.05) is 38.6 Å². The lowest BCUT2D eigenvalue weighted by Crippen LogP contribution is -2.14. The SMILES string of the molecule is CC(C)(C)c1csc(SCC(=O)Nc2cccc(O)c2)n1. The highest BCUT2D eigenvalue weighted by molar-refractivity contribution is 8.01. The topological polar surface area (TPSA) is 62.2 Å². The van der Waals surface area contributed by atoms with Crippen LogP contribution in [0.5, 0.6) is 5.75 Å². The van der Waals surface area contributed by atoms with Gasteiger partial charge in [-0.3, -0.25) is 4.79 Å². The van der Waals surface area contributed by atoms with Crippen LogP contribution in [0.2, 0.25) is 0 Å². The fourth-order valence-electron chi connectivity index (χ4n) is 1.58. The van der Waals surface area contributed by atoms with Crippen LogP contribution in [0.15, 0.2) is 34.0 Å². The largest absolute Gasteiger partial charge is 0.508 e. The van der Waals surface area contributed by atoms with E-state index in [0.717, 1.165) is 10.0 Å². The van der Waals surface area contributed by atoms with Gasteiger partial charge < -0.3 is 10.4 Å². The third-order valence-electron chi connectivity index (χ3n) is 2.71. The van der Waals surface area contributed by atoms with Crippen LogP contribution in [0.3, 0.4) is 0 Å². The van der Waals surface area contributed by atoms with Crippen molar-refractivity contribution in [2.75, 3.05) is 11.1 Å². The molecule has 0 fully saturated rings. The first-order valence-electron chi connectivity index (χ1n) is 6.52. The molecule has 0 aliphatic heterocycles. The van der Waals surface area contributed by atoms with Crippen molar-refractivity contribution in [3.8, 4) is 5.75 Å². The Kier molecular flexibility index (Phi) is 4.90. The Bertz CT molecular complexity index is 633. The van der Waals surface area contributed by atoms with Crippen molar-refractivity contribution in [2.45, 2.75) is 30.5 Å². The Hall–Kier alpha value is -1.53. The van der Waals surface area contributed by atoms with Gasteiger partial charge in [0.1, 0.15) is 5.75 Å². The molecule has 4 nitrogen and oxygen atoms in total. The molecule has 6 heteroatoms. The summed E-state index contributed by atoms with van der Waals surface area (Å²) in [6.45, 7) is 6.35. The molecule has 1 aromatic heterocycles. The van der Waals surface area contributed by atoms with Crippen LogP contribution < -0.4 is 5.32 Å². The summed E-state index contributed by atoms with van der Waals surface area (Å²) in [5.74, 6) is 0.320. The number of aromatic hydroxyl groups is 1. The minimum atomic E-state index is -0.113. The van der Waals surface area contributed by atoms with Crippen molar-refractivity contribution >= 4 is 34.7 Å². The molecule has 1 aromatic carbocycles. The second kappa shape index (κ2) is 6.49. The second-order valence-corrected chi connectivity index (χ2v) is 7.72. The Morgan fingerprint density at radius 3 is 2.81 bits per heavy atom. The van der Waals surface area contributed by atoms with E-state index in [9.17, 15) is 9.90 Å². The zero-order chi connectivity index (χ0) is 15.5. The first-order valence-corrected chi connectivity index (χ1v) is 8.39. The lowest BCUT2D eigenvalue weighted by Gasteiger charge is -2.14. The fourth-order valence-corrected chi connectivity index (χ4v) is 3.43. The van der Waals surface area contributed by atoms with Gasteiger partial charge in [-0.15, -0.1) is 11.3 Å². The number of carbonyl (C=O) groups excluding carboxylic acids is 1. The van der Waals surface area contributed by atoms with Crippen LogP contribution in [0.25, 0.3) is 0 Å². The number of hydrogen-bond donors (Lipinski definition) is 2. The number of amides is 1. The highest BCUT2D eigenvalue weighted by Gasteiger charge is 2.17. The number of rotatable bonds is 4. The van der Waals surface area contributed by atoms with Gasteiger partial charge in [0.15, 0.2) is 4.34 Å². The van der Waals surface area contributed by atoms with Gasteiger partial charge in [-0.2, -0.15) is 0 Å². The molecule has 2 rings (SSSR count). The summed E-state index contributed by atoms with van der Waals surface area (Å²) in [4.78, 5) is 16.4. The van der Waals surface area contributed by atoms with Crippen molar-refractivity contribution in [3.63, 3.8) is 0 Å². The first-order chi connectivity index (χ1) is 9.84. The Balaban J connectivity index is 1.88. The molecule has 0 bridgehead atoms. The third-order valence-corrected chi connectivity index (χ3v) is 4.73. The zero-order valence-corrected chi connectivity index (χ0v) is 13.8. The van der Waals surface area contributed by atoms with Gasteiger partial charge in [0, 0.05) is 22.5 Å². The molecule has 1 amide bonds. The molecule has 0 saturated heterocycles. The van der Waals surface area contributed by atoms with E-state index in [0.29, 0.717) is 11.4 Å². The summed E-state index contributed by atoms with van der Waals surface area (Å²) in [5.41, 5.74) is 1.66. The van der Waals surface area contributed by atoms with E-state index in [1.54, 1.807) is 29.5 Å². The first kappa shape index (κ1) is 15.9. The van der Waals surface area contributed by atoms with Crippen LogP contribution in [0, 0.1) is 0 Å². The van der Waals surface area contributed by atoms with Gasteiger partial charge in [0.2, 0.25) is 5.91 Å². The number of thiazole rings is 1. The number of thioether (sulfide) groups is 1. The van der Waals surface area contributed by atoms with E-state index in [-0.39, 0.29) is 17.1 Å². The predicted octanol–water partition coefficient (Wildman–Crippen LogP) is 3.88. The van der Waals surface area contributed by atoms with Crippen LogP contribution in [-0.2, 0) is 10.2 Å². The smallest absolute Gasteiger partial charge is 0.234 e. The average Bonchev–Trinajstić information content (AvgIpc) is 2.85. The Labute approximate surface area is 132 Å². The van der Waals surface area contributed by atoms with Gasteiger partial charge in [0.25, 0.3) is 0 Å². The lowest BCUT2D eigenvalue weighted by molar-refractivity contribution is -0.113. The number of nitrogens with zero attached hydrogens (tertiary/aromatic N) is 1. The zero-order valence-electron chi connectivity index (χ0n) is 12.2. The molecule has 2 aromatic rings. The van der Waals surface area contributed by atoms with Crippen molar-refractivity contribution < 1.29 is 9.90 Å². The van der Waals surface area contributed by atoms with Gasteiger partial charge in [0.05, 0.1) is 11.4 Å². The third kappa shape index (κ3) is 4.75. The van der Waals surface area contributed by atoms with E-state index >= 15 is 0 Å². The molecular formula is C15H18N2O2S2. The number of aromatic nitrogens is 1. The van der Waals surface area contributed by atoms with Crippen molar-refractivity contribution in [1.82, 2.24) is 4.98 Å². The monoisotopic (exact) mass is 322 g/mol. The van der Waals surface area contributed by atoms with E-state index < -0.39 is 0 Å². The molecule has 0 spiro atoms. The summed E-state index contributed by atoms with van der Waals surface area (Å²) in [5, 5.41) is 14.1. The van der Waals surface area contributed by atoms with Gasteiger partial charge >= 0.3 is 0 Å². The maximum absolute atomic E-state index is 11.9. The van der Waals surface area contributed by atoms with E-state index in [4.69, 9.17) is 0 Å². The van der Waals surface area contributed by atoms with Crippen molar-refractivity contribution in [3.05, 3.63) is 35.3 Å². The van der Waals surface area contributed by atoms with Crippen LogP contribution in [-0.4, -0.2) is 21.8 Å². The lowest BCUT2D eigenvalue weighted by atomic mass is 9.93. The molecule has 1 heterocycles. The predicted molar refractivity (Wildman–Crippen MR) is 88.3 cm³/mol. The van der Waals surface area contributed by atoms with Crippen LogP contribution in [0.1, 0.15) is 26.5 Å². The summed E-state index contributed by atoms with van der Waals surface area (Å²) < 4.78 is 0.894. The highest BCUT2D eigenvalue weighted by Crippen LogP contribution is 2.29. The fraction of sp³-hybridized carbons (Fsp3) is 0.333. The van der Waals surface area contributed by atoms with Crippen LogP contribution >= 0.6 is 23.1 Å². The minimum Gasteiger partial charge on any atom is -0.508 e. The van der Waals surface area contributed by atoms with E-state index in [1.165, 1.54) is 17.8 Å². The number of hydrogen-bond acceptors (Lipinski definition) is 5. The Morgan fingerprint density at radius 2 is 2.19 bits per heavy atom. The molecule has 112 valence electrons. The van der Waals surface area contributed by atoms with E-state index in [1.807, 2.05) is 5.38 Å². The Morgan fingerprint density at radius 1 is 1.43 bits per heavy atom. The summed E-state index contributed by atoms with van der Waals surface area (Å²) in [7, 11) is 0. The number of benzene rings is 1. The molecule has 0 atom stereocenters. The molecule has 0 aliphatic rings. The maximum Gasteiger partial charge on any atom is 0.234 e. The summed E-state index contributed by atoms with van der Waals surface area (Å²) >= 11 is 2.98. The van der Waals surface area contributed by atoms with Crippen molar-refractivity contribution in [2.24, 2.45) is 0 Å². The molecule has 2 N–H and O–H groups in total. The minimum absolute atomic E-state index is 0.0269. The average molecular weight is 322 g/mol. The van der Waals surface area contributed by atoms with E-state index in [2.05, 4.69) is 31.1 Å². The quantitative estimate of drug-likeness (QED) is 0.839. The molecule has 0 saturated carbocycles. The second-order valence-electron chi connectivity index (χ2n) is 5.64. The number of anilines is 1. The standard InChI is InChI=1S/C15H18N2O2S2/c1-15(2,3)12-8-20-14(17-12)21-9-13(19)16-10-5-4-6-11(18)7-10/h4-8,18H,9H2,1-3H3,(H,16,19). The molecule has 21 heavy (non-hydrogen) atoms. The molecule has 0 radical (unpaired) electrons. The number of nitrogens with one attached hydrogen (secondary N) is 1.